The Hall–Kier alpha value is -4.03. The van der Waals surface area contributed by atoms with Crippen LogP contribution >= 0.6 is 0 Å². The molecule has 1 aliphatic rings. The monoisotopic (exact) mass is 492 g/mol. The molecule has 1 saturated heterocycles. The van der Waals surface area contributed by atoms with Crippen molar-refractivity contribution in [1.82, 2.24) is 14.9 Å². The van der Waals surface area contributed by atoms with Gasteiger partial charge in [-0.3, -0.25) is 9.88 Å². The molecule has 0 atom stereocenters. The number of aromatic amines is 1. The number of hydrogen-bond donors (Lipinski definition) is 1. The van der Waals surface area contributed by atoms with Crippen LogP contribution in [0.15, 0.2) is 85.2 Å². The average molecular weight is 493 g/mol. The Balaban J connectivity index is 1.05. The molecule has 1 fully saturated rings. The van der Waals surface area contributed by atoms with Gasteiger partial charge in [0.05, 0.1) is 18.3 Å². The molecule has 0 saturated carbocycles. The number of methoxy groups -OCH3 is 1. The Bertz CT molecular complexity index is 1500. The summed E-state index contributed by atoms with van der Waals surface area (Å²) in [6, 6.07) is 24.6. The molecule has 0 radical (unpaired) electrons. The third-order valence-electron chi connectivity index (χ3n) is 7.25. The van der Waals surface area contributed by atoms with Gasteiger partial charge in [-0.15, -0.1) is 0 Å². The first kappa shape index (κ1) is 23.4. The molecular weight excluding hydrogens is 460 g/mol. The second-order valence-corrected chi connectivity index (χ2v) is 9.59. The Morgan fingerprint density at radius 1 is 0.892 bits per heavy atom. The van der Waals surface area contributed by atoms with Crippen molar-refractivity contribution in [1.29, 1.82) is 0 Å². The van der Waals surface area contributed by atoms with Gasteiger partial charge < -0.3 is 19.4 Å². The highest BCUT2D eigenvalue weighted by atomic mass is 16.5. The fraction of sp³-hybridized carbons (Fsp3) is 0.258. The molecule has 0 aliphatic carbocycles. The first-order valence-electron chi connectivity index (χ1n) is 13.0. The Labute approximate surface area is 217 Å². The number of H-pyrrole nitrogens is 1. The summed E-state index contributed by atoms with van der Waals surface area (Å²) in [7, 11) is 1.67. The van der Waals surface area contributed by atoms with Gasteiger partial charge in [0.15, 0.2) is 5.75 Å². The number of aryl methyl sites for hydroxylation is 1. The maximum Gasteiger partial charge on any atom is 0.150 e. The van der Waals surface area contributed by atoms with Crippen molar-refractivity contribution in [2.45, 2.75) is 12.8 Å². The predicted octanol–water partition coefficient (Wildman–Crippen LogP) is 6.27. The van der Waals surface area contributed by atoms with E-state index in [0.717, 1.165) is 79.5 Å². The standard InChI is InChI=1S/C31H32N4O2/c1-36-25-9-4-10-26(20-25)37-31-12-3-2-11-30(31)35-17-15-34(16-18-35)14-6-8-24-22-33-29-19-23-7-5-13-32-28(23)21-27(24)29/h2-5,7,9-13,19-22,32H,6,8,14-18H2,1H3. The van der Waals surface area contributed by atoms with Crippen LogP contribution in [0.2, 0.25) is 0 Å². The molecule has 6 nitrogen and oxygen atoms in total. The highest BCUT2D eigenvalue weighted by Gasteiger charge is 2.20. The van der Waals surface area contributed by atoms with Crippen molar-refractivity contribution in [3.63, 3.8) is 0 Å². The number of pyridine rings is 1. The third-order valence-corrected chi connectivity index (χ3v) is 7.25. The highest BCUT2D eigenvalue weighted by molar-refractivity contribution is 5.96. The first-order valence-corrected chi connectivity index (χ1v) is 13.0. The summed E-state index contributed by atoms with van der Waals surface area (Å²) < 4.78 is 11.6. The molecule has 1 aliphatic heterocycles. The SMILES string of the molecule is COc1cccc(Oc2ccccc2N2CCN(CCCc3cnc4cc5ccc[nH]c5cc34)CC2)c1. The molecule has 1 N–H and O–H groups in total. The fourth-order valence-corrected chi connectivity index (χ4v) is 5.24. The van der Waals surface area contributed by atoms with E-state index in [1.807, 2.05) is 48.7 Å². The van der Waals surface area contributed by atoms with E-state index in [9.17, 15) is 0 Å². The van der Waals surface area contributed by atoms with Crippen molar-refractivity contribution in [3.05, 3.63) is 90.8 Å². The Morgan fingerprint density at radius 3 is 2.65 bits per heavy atom. The molecule has 6 rings (SSSR count). The third kappa shape index (κ3) is 5.11. The van der Waals surface area contributed by atoms with Gasteiger partial charge in [0.1, 0.15) is 11.5 Å². The summed E-state index contributed by atoms with van der Waals surface area (Å²) in [4.78, 5) is 13.0. The second kappa shape index (κ2) is 10.5. The molecule has 5 aromatic rings. The molecule has 3 aromatic carbocycles. The summed E-state index contributed by atoms with van der Waals surface area (Å²) >= 11 is 0. The van der Waals surface area contributed by atoms with Crippen molar-refractivity contribution >= 4 is 27.5 Å². The van der Waals surface area contributed by atoms with Gasteiger partial charge in [0, 0.05) is 60.9 Å². The number of rotatable bonds is 8. The summed E-state index contributed by atoms with van der Waals surface area (Å²) in [6.07, 6.45) is 6.22. The lowest BCUT2D eigenvalue weighted by molar-refractivity contribution is 0.254. The van der Waals surface area contributed by atoms with Crippen LogP contribution in [0.4, 0.5) is 5.69 Å². The minimum atomic E-state index is 0.783. The summed E-state index contributed by atoms with van der Waals surface area (Å²) in [5.74, 6) is 2.45. The first-order chi connectivity index (χ1) is 18.3. The van der Waals surface area contributed by atoms with E-state index in [0.29, 0.717) is 0 Å². The minimum Gasteiger partial charge on any atom is -0.497 e. The number of ether oxygens (including phenoxy) is 2. The lowest BCUT2D eigenvalue weighted by Crippen LogP contribution is -2.46. The Morgan fingerprint density at radius 2 is 1.76 bits per heavy atom. The summed E-state index contributed by atoms with van der Waals surface area (Å²) in [5, 5.41) is 2.47. The van der Waals surface area contributed by atoms with Crippen molar-refractivity contribution in [2.24, 2.45) is 0 Å². The molecule has 37 heavy (non-hydrogen) atoms. The quantitative estimate of drug-likeness (QED) is 0.277. The number of piperazine rings is 1. The second-order valence-electron chi connectivity index (χ2n) is 9.59. The van der Waals surface area contributed by atoms with Crippen LogP contribution in [0.1, 0.15) is 12.0 Å². The molecule has 6 heteroatoms. The van der Waals surface area contributed by atoms with Gasteiger partial charge in [-0.25, -0.2) is 0 Å². The van der Waals surface area contributed by atoms with Crippen molar-refractivity contribution in [3.8, 4) is 17.2 Å². The largest absolute Gasteiger partial charge is 0.497 e. The van der Waals surface area contributed by atoms with Gasteiger partial charge in [-0.1, -0.05) is 24.3 Å². The van der Waals surface area contributed by atoms with Gasteiger partial charge in [-0.05, 0) is 67.4 Å². The van der Waals surface area contributed by atoms with E-state index in [2.05, 4.69) is 56.3 Å². The Kier molecular flexibility index (Phi) is 6.65. The van der Waals surface area contributed by atoms with Gasteiger partial charge in [-0.2, -0.15) is 0 Å². The van der Waals surface area contributed by atoms with Crippen molar-refractivity contribution in [2.75, 3.05) is 44.7 Å². The number of fused-ring (bicyclic) bond motifs is 2. The van der Waals surface area contributed by atoms with Crippen LogP contribution in [0.5, 0.6) is 17.2 Å². The molecule has 2 aromatic heterocycles. The molecule has 0 spiro atoms. The molecule has 0 amide bonds. The van der Waals surface area contributed by atoms with Gasteiger partial charge >= 0.3 is 0 Å². The number of aromatic nitrogens is 2. The highest BCUT2D eigenvalue weighted by Crippen LogP contribution is 2.34. The number of nitrogens with one attached hydrogen (secondary N) is 1. The van der Waals surface area contributed by atoms with E-state index < -0.39 is 0 Å². The van der Waals surface area contributed by atoms with Crippen LogP contribution in [-0.4, -0.2) is 54.7 Å². The fourth-order valence-electron chi connectivity index (χ4n) is 5.24. The summed E-state index contributed by atoms with van der Waals surface area (Å²) in [6.45, 7) is 5.17. The van der Waals surface area contributed by atoms with E-state index >= 15 is 0 Å². The van der Waals surface area contributed by atoms with E-state index in [-0.39, 0.29) is 0 Å². The molecule has 0 bridgehead atoms. The number of anilines is 1. The lowest BCUT2D eigenvalue weighted by Gasteiger charge is -2.36. The van der Waals surface area contributed by atoms with E-state index in [1.54, 1.807) is 7.11 Å². The zero-order valence-electron chi connectivity index (χ0n) is 21.2. The van der Waals surface area contributed by atoms with Gasteiger partial charge in [0.25, 0.3) is 0 Å². The topological polar surface area (TPSA) is 53.6 Å². The number of hydrogen-bond acceptors (Lipinski definition) is 5. The predicted molar refractivity (Wildman–Crippen MR) is 150 cm³/mol. The number of para-hydroxylation sites is 2. The number of benzene rings is 3. The smallest absolute Gasteiger partial charge is 0.150 e. The van der Waals surface area contributed by atoms with Crippen LogP contribution < -0.4 is 14.4 Å². The van der Waals surface area contributed by atoms with Crippen molar-refractivity contribution < 1.29 is 9.47 Å². The van der Waals surface area contributed by atoms with E-state index in [4.69, 9.17) is 9.47 Å². The maximum absolute atomic E-state index is 6.26. The molecule has 3 heterocycles. The van der Waals surface area contributed by atoms with E-state index in [1.165, 1.54) is 16.3 Å². The maximum atomic E-state index is 6.26. The zero-order valence-corrected chi connectivity index (χ0v) is 21.2. The van der Waals surface area contributed by atoms with Crippen LogP contribution in [0, 0.1) is 0 Å². The average Bonchev–Trinajstić information content (AvgIpc) is 3.34. The summed E-state index contributed by atoms with van der Waals surface area (Å²) in [5.41, 5.74) is 4.74. The normalized spacial score (nSPS) is 14.4. The van der Waals surface area contributed by atoms with Crippen LogP contribution in [-0.2, 0) is 6.42 Å². The van der Waals surface area contributed by atoms with Gasteiger partial charge in [0.2, 0.25) is 0 Å². The minimum absolute atomic E-state index is 0.783. The lowest BCUT2D eigenvalue weighted by atomic mass is 10.1. The number of nitrogens with zero attached hydrogens (tertiary/aromatic N) is 3. The molecule has 0 unspecified atom stereocenters. The van der Waals surface area contributed by atoms with Crippen LogP contribution in [0.25, 0.3) is 21.8 Å². The molecular formula is C31H32N4O2. The van der Waals surface area contributed by atoms with Crippen LogP contribution in [0.3, 0.4) is 0 Å². The zero-order chi connectivity index (χ0) is 25.0. The molecule has 188 valence electrons.